The Morgan fingerprint density at radius 1 is 1.10 bits per heavy atom. The Bertz CT molecular complexity index is 787. The lowest BCUT2D eigenvalue weighted by Crippen LogP contribution is -2.47. The Labute approximate surface area is 176 Å². The number of aliphatic hydroxyl groups excluding tert-OH is 3. The second kappa shape index (κ2) is 10.5. The zero-order chi connectivity index (χ0) is 20.8. The lowest BCUT2D eigenvalue weighted by Gasteiger charge is -2.36. The van der Waals surface area contributed by atoms with Gasteiger partial charge in [-0.2, -0.15) is 10.2 Å². The molecule has 1 saturated heterocycles. The maximum absolute atomic E-state index is 10.1. The molecule has 1 aliphatic heterocycles. The molecule has 0 aliphatic carbocycles. The molecule has 3 N–H and O–H groups in total. The Balaban J connectivity index is 1.71. The van der Waals surface area contributed by atoms with Gasteiger partial charge >= 0.3 is 0 Å². The van der Waals surface area contributed by atoms with E-state index in [0.717, 1.165) is 35.4 Å². The van der Waals surface area contributed by atoms with Gasteiger partial charge in [-0.1, -0.05) is 43.5 Å². The largest absolute Gasteiger partial charge is 0.394 e. The smallest absolute Gasteiger partial charge is 0.110 e. The summed E-state index contributed by atoms with van der Waals surface area (Å²) >= 11 is 6.39. The molecule has 0 amide bonds. The highest BCUT2D eigenvalue weighted by atomic mass is 35.5. The standard InChI is InChI=1S/C22H29ClN2O4/c1-2-3-4-5-16-7-8-17(25-24-16)11-15-10-14(6-9-18(15)23)20-12-19(27)22(28)21(13-26)29-20/h6-10,19-22,26-28H,2-5,11-13H2,1H3. The number of halogens is 1. The zero-order valence-corrected chi connectivity index (χ0v) is 17.4. The first-order valence-electron chi connectivity index (χ1n) is 10.2. The molecule has 1 fully saturated rings. The van der Waals surface area contributed by atoms with Crippen LogP contribution < -0.4 is 0 Å². The third-order valence-corrected chi connectivity index (χ3v) is 5.74. The van der Waals surface area contributed by atoms with Crippen LogP contribution in [0.2, 0.25) is 5.02 Å². The first-order valence-corrected chi connectivity index (χ1v) is 10.6. The number of rotatable bonds is 8. The van der Waals surface area contributed by atoms with Gasteiger partial charge in [0.2, 0.25) is 0 Å². The molecule has 29 heavy (non-hydrogen) atoms. The molecule has 7 heteroatoms. The summed E-state index contributed by atoms with van der Waals surface area (Å²) < 4.78 is 5.78. The van der Waals surface area contributed by atoms with Crippen molar-refractivity contribution in [3.63, 3.8) is 0 Å². The second-order valence-electron chi connectivity index (χ2n) is 7.64. The highest BCUT2D eigenvalue weighted by Crippen LogP contribution is 2.33. The van der Waals surface area contributed by atoms with Crippen LogP contribution in [0.15, 0.2) is 30.3 Å². The summed E-state index contributed by atoms with van der Waals surface area (Å²) in [4.78, 5) is 0. The quantitative estimate of drug-likeness (QED) is 0.568. The van der Waals surface area contributed by atoms with E-state index in [2.05, 4.69) is 17.1 Å². The van der Waals surface area contributed by atoms with Gasteiger partial charge < -0.3 is 20.1 Å². The van der Waals surface area contributed by atoms with Gasteiger partial charge in [-0.05, 0) is 42.2 Å². The van der Waals surface area contributed by atoms with Crippen molar-refractivity contribution in [1.29, 1.82) is 0 Å². The van der Waals surface area contributed by atoms with Gasteiger partial charge in [0.05, 0.1) is 30.2 Å². The lowest BCUT2D eigenvalue weighted by molar-refractivity contribution is -0.181. The molecule has 0 radical (unpaired) electrons. The number of hydrogen-bond donors (Lipinski definition) is 3. The summed E-state index contributed by atoms with van der Waals surface area (Å²) in [5.74, 6) is 0. The van der Waals surface area contributed by atoms with Gasteiger partial charge in [-0.3, -0.25) is 0 Å². The van der Waals surface area contributed by atoms with Crippen molar-refractivity contribution >= 4 is 11.6 Å². The summed E-state index contributed by atoms with van der Waals surface area (Å²) in [6.45, 7) is 1.83. The van der Waals surface area contributed by atoms with Crippen LogP contribution in [0.5, 0.6) is 0 Å². The topological polar surface area (TPSA) is 95.7 Å². The molecule has 1 aromatic heterocycles. The van der Waals surface area contributed by atoms with Gasteiger partial charge in [0.15, 0.2) is 0 Å². The number of aliphatic hydroxyl groups is 3. The van der Waals surface area contributed by atoms with E-state index in [1.54, 1.807) is 6.07 Å². The molecule has 3 rings (SSSR count). The summed E-state index contributed by atoms with van der Waals surface area (Å²) in [5, 5.41) is 38.7. The SMILES string of the molecule is CCCCCc1ccc(Cc2cc(C3CC(O)C(O)C(CO)O3)ccc2Cl)nn1. The Morgan fingerprint density at radius 2 is 1.86 bits per heavy atom. The van der Waals surface area contributed by atoms with Crippen molar-refractivity contribution in [2.45, 2.75) is 69.9 Å². The van der Waals surface area contributed by atoms with Crippen LogP contribution in [-0.2, 0) is 17.6 Å². The van der Waals surface area contributed by atoms with Crippen LogP contribution in [0.3, 0.4) is 0 Å². The first kappa shape index (κ1) is 22.1. The van der Waals surface area contributed by atoms with E-state index in [9.17, 15) is 15.3 Å². The number of benzene rings is 1. The van der Waals surface area contributed by atoms with Crippen LogP contribution in [0.1, 0.15) is 61.2 Å². The van der Waals surface area contributed by atoms with Crippen LogP contribution in [-0.4, -0.2) is 50.4 Å². The molecule has 4 unspecified atom stereocenters. The van der Waals surface area contributed by atoms with E-state index in [-0.39, 0.29) is 13.0 Å². The molecular weight excluding hydrogens is 392 g/mol. The molecule has 2 heterocycles. The minimum Gasteiger partial charge on any atom is -0.394 e. The fourth-order valence-electron chi connectivity index (χ4n) is 3.62. The number of unbranched alkanes of at least 4 members (excludes halogenated alkanes) is 2. The Hall–Kier alpha value is -1.57. The van der Waals surface area contributed by atoms with Crippen molar-refractivity contribution in [3.8, 4) is 0 Å². The van der Waals surface area contributed by atoms with Gasteiger partial charge in [0.25, 0.3) is 0 Å². The number of aromatic nitrogens is 2. The molecule has 2 aromatic rings. The zero-order valence-electron chi connectivity index (χ0n) is 16.7. The van der Waals surface area contributed by atoms with E-state index in [1.165, 1.54) is 12.8 Å². The minimum atomic E-state index is -1.09. The maximum Gasteiger partial charge on any atom is 0.110 e. The second-order valence-corrected chi connectivity index (χ2v) is 8.05. The Morgan fingerprint density at radius 3 is 2.55 bits per heavy atom. The van der Waals surface area contributed by atoms with Crippen LogP contribution in [0.25, 0.3) is 0 Å². The van der Waals surface area contributed by atoms with Crippen LogP contribution in [0.4, 0.5) is 0 Å². The summed E-state index contributed by atoms with van der Waals surface area (Å²) in [6, 6.07) is 9.58. The molecule has 0 saturated carbocycles. The highest BCUT2D eigenvalue weighted by Gasteiger charge is 2.37. The average molecular weight is 421 g/mol. The van der Waals surface area contributed by atoms with Gasteiger partial charge in [-0.15, -0.1) is 0 Å². The molecule has 6 nitrogen and oxygen atoms in total. The van der Waals surface area contributed by atoms with Crippen LogP contribution in [0, 0.1) is 0 Å². The molecule has 1 aromatic carbocycles. The fourth-order valence-corrected chi connectivity index (χ4v) is 3.80. The number of nitrogens with zero attached hydrogens (tertiary/aromatic N) is 2. The number of aryl methyl sites for hydroxylation is 1. The van der Waals surface area contributed by atoms with Crippen molar-refractivity contribution < 1.29 is 20.1 Å². The first-order chi connectivity index (χ1) is 14.0. The molecule has 0 bridgehead atoms. The molecular formula is C22H29ClN2O4. The number of hydrogen-bond acceptors (Lipinski definition) is 6. The van der Waals surface area contributed by atoms with Crippen molar-refractivity contribution in [2.75, 3.05) is 6.61 Å². The molecule has 0 spiro atoms. The van der Waals surface area contributed by atoms with Crippen molar-refractivity contribution in [1.82, 2.24) is 10.2 Å². The van der Waals surface area contributed by atoms with E-state index in [0.29, 0.717) is 11.4 Å². The molecule has 158 valence electrons. The monoisotopic (exact) mass is 420 g/mol. The van der Waals surface area contributed by atoms with Crippen molar-refractivity contribution in [3.05, 3.63) is 57.9 Å². The average Bonchev–Trinajstić information content (AvgIpc) is 2.73. The normalized spacial score (nSPS) is 24.6. The predicted octanol–water partition coefficient (Wildman–Crippen LogP) is 3.00. The van der Waals surface area contributed by atoms with Gasteiger partial charge in [0.1, 0.15) is 12.2 Å². The van der Waals surface area contributed by atoms with Crippen molar-refractivity contribution in [2.24, 2.45) is 0 Å². The minimum absolute atomic E-state index is 0.255. The maximum atomic E-state index is 10.1. The van der Waals surface area contributed by atoms with E-state index < -0.39 is 24.4 Å². The Kier molecular flexibility index (Phi) is 7.98. The fraction of sp³-hybridized carbons (Fsp3) is 0.545. The molecule has 4 atom stereocenters. The van der Waals surface area contributed by atoms with E-state index in [4.69, 9.17) is 16.3 Å². The summed E-state index contributed by atoms with van der Waals surface area (Å²) in [6.07, 6.45) is 1.96. The molecule has 1 aliphatic rings. The van der Waals surface area contributed by atoms with E-state index in [1.807, 2.05) is 24.3 Å². The third-order valence-electron chi connectivity index (χ3n) is 5.37. The number of ether oxygens (including phenoxy) is 1. The van der Waals surface area contributed by atoms with Crippen LogP contribution >= 0.6 is 11.6 Å². The lowest BCUT2D eigenvalue weighted by atomic mass is 9.93. The van der Waals surface area contributed by atoms with Gasteiger partial charge in [0, 0.05) is 17.9 Å². The predicted molar refractivity (Wildman–Crippen MR) is 111 cm³/mol. The van der Waals surface area contributed by atoms with E-state index >= 15 is 0 Å². The third kappa shape index (κ3) is 5.74. The summed E-state index contributed by atoms with van der Waals surface area (Å²) in [7, 11) is 0. The highest BCUT2D eigenvalue weighted by molar-refractivity contribution is 6.31. The van der Waals surface area contributed by atoms with Gasteiger partial charge in [-0.25, -0.2) is 0 Å². The summed E-state index contributed by atoms with van der Waals surface area (Å²) in [5.41, 5.74) is 3.57.